The molecule has 9 heteroatoms. The molecule has 0 radical (unpaired) electrons. The zero-order chi connectivity index (χ0) is 56.5. The topological polar surface area (TPSA) is 149 Å². The standard InChI is InChI=1S/C69H129NO8/c1-3-5-7-9-11-13-15-17-19-21-22-23-24-25-26-27-28-29-30-31-32-33-34-35-36-37-38-39-40-41-42-43-45-47-49-51-53-55-57-59-65(73)70-62(61-77-69-68(76)67(75)66(74)64(60-71)78-69)63(72)58-56-54-52-50-48-46-44-20-18-16-14-12-10-8-6-4-2/h18,20-22,48,50,56,58,62-64,66-69,71-72,74-76H,3-17,19,23-47,49,51-55,57,59-61H2,1-2H3,(H,70,73)/b20-18+,22-21-,50-48+,58-56+. The van der Waals surface area contributed by atoms with Gasteiger partial charge in [0.25, 0.3) is 0 Å². The lowest BCUT2D eigenvalue weighted by Gasteiger charge is -2.40. The molecule has 7 atom stereocenters. The van der Waals surface area contributed by atoms with Gasteiger partial charge in [-0.05, 0) is 70.6 Å². The molecule has 0 spiro atoms. The summed E-state index contributed by atoms with van der Waals surface area (Å²) in [5, 5.41) is 54.5. The molecule has 458 valence electrons. The van der Waals surface area contributed by atoms with Gasteiger partial charge in [-0.15, -0.1) is 0 Å². The summed E-state index contributed by atoms with van der Waals surface area (Å²) in [4.78, 5) is 13.1. The Labute approximate surface area is 482 Å². The molecule has 7 unspecified atom stereocenters. The molecular weight excluding hydrogens is 971 g/mol. The molecule has 1 aliphatic heterocycles. The first-order valence-corrected chi connectivity index (χ1v) is 33.9. The second-order valence-electron chi connectivity index (χ2n) is 23.6. The highest BCUT2D eigenvalue weighted by molar-refractivity contribution is 5.76. The van der Waals surface area contributed by atoms with Crippen molar-refractivity contribution < 1.29 is 39.8 Å². The lowest BCUT2D eigenvalue weighted by atomic mass is 9.99. The summed E-state index contributed by atoms with van der Waals surface area (Å²) in [5.74, 6) is -0.186. The molecule has 1 rings (SSSR count). The van der Waals surface area contributed by atoms with E-state index >= 15 is 0 Å². The summed E-state index contributed by atoms with van der Waals surface area (Å²) in [7, 11) is 0. The van der Waals surface area contributed by atoms with Crippen LogP contribution in [0.1, 0.15) is 328 Å². The highest BCUT2D eigenvalue weighted by Crippen LogP contribution is 2.23. The molecule has 1 heterocycles. The molecule has 0 aromatic heterocycles. The van der Waals surface area contributed by atoms with Crippen LogP contribution in [0.2, 0.25) is 0 Å². The third-order valence-electron chi connectivity index (χ3n) is 16.1. The van der Waals surface area contributed by atoms with Gasteiger partial charge in [0.05, 0.1) is 25.4 Å². The maximum Gasteiger partial charge on any atom is 0.220 e. The molecule has 1 fully saturated rings. The van der Waals surface area contributed by atoms with Gasteiger partial charge < -0.3 is 40.3 Å². The second kappa shape index (κ2) is 58.4. The fourth-order valence-corrected chi connectivity index (χ4v) is 10.8. The van der Waals surface area contributed by atoms with Crippen LogP contribution in [0, 0.1) is 0 Å². The Morgan fingerprint density at radius 1 is 0.423 bits per heavy atom. The number of nitrogens with one attached hydrogen (secondary N) is 1. The van der Waals surface area contributed by atoms with Gasteiger partial charge in [-0.25, -0.2) is 0 Å². The molecule has 0 saturated carbocycles. The minimum absolute atomic E-state index is 0.186. The van der Waals surface area contributed by atoms with Gasteiger partial charge in [0.15, 0.2) is 6.29 Å². The van der Waals surface area contributed by atoms with Crippen molar-refractivity contribution in [3.05, 3.63) is 48.6 Å². The van der Waals surface area contributed by atoms with E-state index in [-0.39, 0.29) is 12.5 Å². The Kier molecular flexibility index (Phi) is 55.5. The largest absolute Gasteiger partial charge is 0.394 e. The fourth-order valence-electron chi connectivity index (χ4n) is 10.8. The highest BCUT2D eigenvalue weighted by atomic mass is 16.7. The predicted octanol–water partition coefficient (Wildman–Crippen LogP) is 18.0. The number of rotatable bonds is 59. The van der Waals surface area contributed by atoms with Crippen molar-refractivity contribution in [1.29, 1.82) is 0 Å². The van der Waals surface area contributed by atoms with Gasteiger partial charge in [-0.1, -0.05) is 300 Å². The fraction of sp³-hybridized carbons (Fsp3) is 0.870. The van der Waals surface area contributed by atoms with Crippen LogP contribution in [0.25, 0.3) is 0 Å². The van der Waals surface area contributed by atoms with Crippen LogP contribution in [0.4, 0.5) is 0 Å². The van der Waals surface area contributed by atoms with Crippen LogP contribution in [0.15, 0.2) is 48.6 Å². The van der Waals surface area contributed by atoms with Crippen molar-refractivity contribution >= 4 is 5.91 Å². The van der Waals surface area contributed by atoms with E-state index in [1.807, 2.05) is 6.08 Å². The average Bonchev–Trinajstić information content (AvgIpc) is 3.45. The quantitative estimate of drug-likeness (QED) is 0.0261. The van der Waals surface area contributed by atoms with E-state index in [1.54, 1.807) is 6.08 Å². The van der Waals surface area contributed by atoms with Gasteiger partial charge in [0.2, 0.25) is 5.91 Å². The molecule has 1 aliphatic rings. The molecule has 0 aromatic carbocycles. The molecule has 0 aromatic rings. The van der Waals surface area contributed by atoms with Crippen molar-refractivity contribution in [2.24, 2.45) is 0 Å². The molecule has 1 amide bonds. The van der Waals surface area contributed by atoms with Gasteiger partial charge in [-0.2, -0.15) is 0 Å². The first-order valence-electron chi connectivity index (χ1n) is 33.9. The molecule has 6 N–H and O–H groups in total. The van der Waals surface area contributed by atoms with Gasteiger partial charge in [0.1, 0.15) is 24.4 Å². The number of unbranched alkanes of at least 4 members (excludes halogenated alkanes) is 43. The number of amides is 1. The van der Waals surface area contributed by atoms with E-state index < -0.39 is 49.5 Å². The third kappa shape index (κ3) is 46.7. The number of hydrogen-bond acceptors (Lipinski definition) is 8. The average molecular weight is 1100 g/mol. The molecule has 78 heavy (non-hydrogen) atoms. The summed E-state index contributed by atoms with van der Waals surface area (Å²) >= 11 is 0. The Balaban J connectivity index is 2.05. The van der Waals surface area contributed by atoms with E-state index in [1.165, 1.54) is 257 Å². The summed E-state index contributed by atoms with van der Waals surface area (Å²) in [6.45, 7) is 3.77. The van der Waals surface area contributed by atoms with Crippen LogP contribution < -0.4 is 5.32 Å². The van der Waals surface area contributed by atoms with Gasteiger partial charge in [-0.3, -0.25) is 4.79 Å². The number of hydrogen-bond donors (Lipinski definition) is 6. The highest BCUT2D eigenvalue weighted by Gasteiger charge is 2.44. The SMILES string of the molecule is CCCCCCCC/C=C/CC/C=C/CC/C=C/C(O)C(COC1OC(CO)C(O)C(O)C1O)NC(=O)CCCCCCCCCCCCCCCCCCCCCCCCCCCCC/C=C\CCCCCCCCCC. The van der Waals surface area contributed by atoms with Crippen molar-refractivity contribution in [2.75, 3.05) is 13.2 Å². The van der Waals surface area contributed by atoms with E-state index in [0.29, 0.717) is 6.42 Å². The van der Waals surface area contributed by atoms with Crippen molar-refractivity contribution in [3.8, 4) is 0 Å². The zero-order valence-corrected chi connectivity index (χ0v) is 51.2. The summed E-state index contributed by atoms with van der Waals surface area (Å²) in [5.41, 5.74) is 0. The Morgan fingerprint density at radius 2 is 0.731 bits per heavy atom. The third-order valence-corrected chi connectivity index (χ3v) is 16.1. The monoisotopic (exact) mass is 1100 g/mol. The molecular formula is C69H129NO8. The van der Waals surface area contributed by atoms with E-state index in [0.717, 1.165) is 51.4 Å². The maximum atomic E-state index is 13.1. The number of carbonyl (C=O) groups excluding carboxylic acids is 1. The molecule has 0 bridgehead atoms. The summed E-state index contributed by atoms with van der Waals surface area (Å²) < 4.78 is 11.3. The summed E-state index contributed by atoms with van der Waals surface area (Å²) in [6, 6.07) is -0.827. The van der Waals surface area contributed by atoms with Crippen molar-refractivity contribution in [1.82, 2.24) is 5.32 Å². The van der Waals surface area contributed by atoms with E-state index in [2.05, 4.69) is 55.6 Å². The van der Waals surface area contributed by atoms with Crippen LogP contribution >= 0.6 is 0 Å². The number of allylic oxidation sites excluding steroid dienone is 7. The first kappa shape index (κ1) is 74.2. The van der Waals surface area contributed by atoms with Gasteiger partial charge in [0, 0.05) is 6.42 Å². The first-order chi connectivity index (χ1) is 38.3. The van der Waals surface area contributed by atoms with E-state index in [9.17, 15) is 30.3 Å². The molecule has 0 aliphatic carbocycles. The van der Waals surface area contributed by atoms with Crippen molar-refractivity contribution in [3.63, 3.8) is 0 Å². The molecule has 1 saturated heterocycles. The number of ether oxygens (including phenoxy) is 2. The summed E-state index contributed by atoms with van der Waals surface area (Å²) in [6.07, 6.45) is 72.4. The lowest BCUT2D eigenvalue weighted by Crippen LogP contribution is -2.60. The van der Waals surface area contributed by atoms with Crippen LogP contribution in [0.5, 0.6) is 0 Å². The Morgan fingerprint density at radius 3 is 1.08 bits per heavy atom. The van der Waals surface area contributed by atoms with Gasteiger partial charge >= 0.3 is 0 Å². The predicted molar refractivity (Wildman–Crippen MR) is 332 cm³/mol. The van der Waals surface area contributed by atoms with Crippen molar-refractivity contribution in [2.45, 2.75) is 371 Å². The maximum absolute atomic E-state index is 13.1. The number of aliphatic hydroxyl groups is 5. The molecule has 9 nitrogen and oxygen atoms in total. The van der Waals surface area contributed by atoms with Crippen LogP contribution in [0.3, 0.4) is 0 Å². The van der Waals surface area contributed by atoms with E-state index in [4.69, 9.17) is 9.47 Å². The van der Waals surface area contributed by atoms with Crippen LogP contribution in [-0.4, -0.2) is 87.5 Å². The number of carbonyl (C=O) groups is 1. The minimum Gasteiger partial charge on any atom is -0.394 e. The Hall–Kier alpha value is -1.85. The number of aliphatic hydroxyl groups excluding tert-OH is 5. The minimum atomic E-state index is -1.57. The second-order valence-corrected chi connectivity index (χ2v) is 23.6. The smallest absolute Gasteiger partial charge is 0.220 e. The Bertz CT molecular complexity index is 1370. The zero-order valence-electron chi connectivity index (χ0n) is 51.2. The lowest BCUT2D eigenvalue weighted by molar-refractivity contribution is -0.302. The van der Waals surface area contributed by atoms with Crippen LogP contribution in [-0.2, 0) is 14.3 Å². The normalized spacial score (nSPS) is 18.9.